The van der Waals surface area contributed by atoms with Crippen LogP contribution in [0.4, 0.5) is 27.4 Å². The second-order valence-electron chi connectivity index (χ2n) is 24.0. The lowest BCUT2D eigenvalue weighted by atomic mass is 10.1. The Morgan fingerprint density at radius 1 is 0.570 bits per heavy atom. The lowest BCUT2D eigenvalue weighted by Crippen LogP contribution is -2.34. The zero-order chi connectivity index (χ0) is 72.2. The number of rotatable bonds is 13. The molecule has 100 heavy (non-hydrogen) atoms. The molecule has 34 heteroatoms. The van der Waals surface area contributed by atoms with E-state index in [1.54, 1.807) is 86.6 Å². The maximum Gasteiger partial charge on any atom is 0.417 e. The van der Waals surface area contributed by atoms with Crippen molar-refractivity contribution in [3.8, 4) is 0 Å². The highest BCUT2D eigenvalue weighted by atomic mass is 35.5. The summed E-state index contributed by atoms with van der Waals surface area (Å²) < 4.78 is 40.2. The summed E-state index contributed by atoms with van der Waals surface area (Å²) in [5, 5.41) is 9.88. The predicted octanol–water partition coefficient (Wildman–Crippen LogP) is 15.2. The Morgan fingerprint density at radius 3 is 1.53 bits per heavy atom. The van der Waals surface area contributed by atoms with Crippen LogP contribution < -0.4 is 36.7 Å². The SMILES string of the molecule is CC(C)(C)S(=O)N=Cc1cc2cc(Cl)ccc2nc1Cl.CC(C)(C)[S@](=O)NCc1cc2cc(Cl)ccc2nc1Cl.CC[C@H]1COC(=O)N1c1nc(C)nc(Cl)n1.CC[C@H]1COC(=O)N1c1nc(C)nc(NCc2cc3cc(Cl)ccc3[nH]c2=O)n1.Cl.NCc1cc2cc(Cl)ccc2[nH]c1=O. The van der Waals surface area contributed by atoms with Gasteiger partial charge in [-0.25, -0.2) is 47.5 Å². The van der Waals surface area contributed by atoms with Crippen molar-refractivity contribution >= 4 is 195 Å². The molecule has 0 bridgehead atoms. The molecule has 2 amide bonds. The van der Waals surface area contributed by atoms with Crippen LogP contribution in [0.25, 0.3) is 43.6 Å². The summed E-state index contributed by atoms with van der Waals surface area (Å²) in [4.78, 5) is 89.1. The molecule has 0 saturated carbocycles. The molecule has 2 fully saturated rings. The van der Waals surface area contributed by atoms with Gasteiger partial charge in [-0.15, -0.1) is 12.4 Å². The number of nitrogens with two attached hydrogens (primary N) is 1. The van der Waals surface area contributed by atoms with E-state index in [4.69, 9.17) is 96.4 Å². The van der Waals surface area contributed by atoms with Gasteiger partial charge in [-0.3, -0.25) is 9.59 Å². The van der Waals surface area contributed by atoms with E-state index >= 15 is 0 Å². The quantitative estimate of drug-likeness (QED) is 0.0529. The maximum atomic E-state index is 12.4. The van der Waals surface area contributed by atoms with E-state index in [0.717, 1.165) is 50.1 Å². The molecule has 2 aliphatic heterocycles. The highest BCUT2D eigenvalue weighted by Crippen LogP contribution is 2.28. The lowest BCUT2D eigenvalue weighted by Gasteiger charge is -2.18. The van der Waals surface area contributed by atoms with Crippen LogP contribution >= 0.6 is 93.6 Å². The highest BCUT2D eigenvalue weighted by Gasteiger charge is 2.37. The van der Waals surface area contributed by atoms with Gasteiger partial charge < -0.3 is 30.5 Å². The normalized spacial score (nSPS) is 15.0. The Bertz CT molecular complexity index is 4830. The minimum atomic E-state index is -1.33. The number of carbonyl (C=O) groups is 2. The second-order valence-corrected chi connectivity index (χ2v) is 30.8. The first-order valence-electron chi connectivity index (χ1n) is 30.5. The first-order valence-corrected chi connectivity index (χ1v) is 35.4. The van der Waals surface area contributed by atoms with E-state index in [1.165, 1.54) is 16.0 Å². The van der Waals surface area contributed by atoms with Gasteiger partial charge in [0, 0.05) is 101 Å². The second kappa shape index (κ2) is 35.5. The molecule has 24 nitrogen and oxygen atoms in total. The van der Waals surface area contributed by atoms with Gasteiger partial charge in [-0.2, -0.15) is 29.3 Å². The van der Waals surface area contributed by atoms with Crippen LogP contribution in [0.1, 0.15) is 102 Å². The van der Waals surface area contributed by atoms with Gasteiger partial charge in [-0.1, -0.05) is 83.5 Å². The van der Waals surface area contributed by atoms with Gasteiger partial charge in [0.1, 0.15) is 46.2 Å². The summed E-state index contributed by atoms with van der Waals surface area (Å²) in [6.45, 7) is 20.2. The zero-order valence-electron chi connectivity index (χ0n) is 55.6. The molecule has 10 aromatic rings. The van der Waals surface area contributed by atoms with Gasteiger partial charge in [0.25, 0.3) is 11.1 Å². The van der Waals surface area contributed by atoms with Crippen LogP contribution in [0.5, 0.6) is 0 Å². The fourth-order valence-corrected chi connectivity index (χ4v) is 11.8. The molecule has 1 unspecified atom stereocenters. The summed E-state index contributed by atoms with van der Waals surface area (Å²) in [6.07, 6.45) is 2.07. The molecule has 4 aromatic carbocycles. The van der Waals surface area contributed by atoms with Crippen molar-refractivity contribution in [3.05, 3.63) is 187 Å². The molecule has 530 valence electrons. The summed E-state index contributed by atoms with van der Waals surface area (Å²) in [5.41, 5.74) is 10.6. The molecule has 8 heterocycles. The number of aryl methyl sites for hydroxylation is 2. The standard InChI is InChI=1S/C19H19ClN6O3.C14H16Cl2N2OS.C14H14Cl2N2OS.C10H9ClN2O.C9H11ClN4O2.ClH/c1-3-14-9-29-19(28)26(14)18-23-10(2)22-17(25-18)21-8-12-6-11-7-13(20)4-5-15(11)24-16(12)27;2*1-14(2,3)20(19)17-8-10-6-9-7-11(15)4-5-12(9)18-13(10)16;11-8-1-2-9-6(4-8)3-7(5-12)10(14)13-9;1-3-6-4-16-9(15)14(6)8-12-5(2)11-7(10)13-8;/h4-7,14H,3,8-9H2,1-2H3,(H,24,27)(H,21,22,23,25);4-7,17H,8H2,1-3H3;4-8H,1-3H3;1-4H,5,12H2,(H,13,14);6H,3-4H2,1-2H3;1H/t14-;20-;;;6-;/m00..0./s1. The summed E-state index contributed by atoms with van der Waals surface area (Å²) >= 11 is 41.8. The Hall–Kier alpha value is -7.31. The van der Waals surface area contributed by atoms with E-state index in [9.17, 15) is 27.6 Å². The molecule has 0 spiro atoms. The molecule has 4 atom stereocenters. The number of hydrogen-bond acceptors (Lipinski definition) is 18. The van der Waals surface area contributed by atoms with Gasteiger partial charge in [0.15, 0.2) is 0 Å². The average molecular weight is 1560 g/mol. The number of amides is 2. The first-order chi connectivity index (χ1) is 46.8. The lowest BCUT2D eigenvalue weighted by molar-refractivity contribution is 0.177. The highest BCUT2D eigenvalue weighted by molar-refractivity contribution is 7.85. The van der Waals surface area contributed by atoms with E-state index in [0.29, 0.717) is 90.4 Å². The zero-order valence-corrected chi connectivity index (χ0v) is 63.3. The Labute approximate surface area is 621 Å². The first kappa shape index (κ1) is 80.0. The molecular formula is C66H70Cl8N16O8S2. The predicted molar refractivity (Wildman–Crippen MR) is 405 cm³/mol. The minimum absolute atomic E-state index is 0. The largest absolute Gasteiger partial charge is 0.447 e. The number of aromatic nitrogens is 10. The number of anilines is 3. The number of pyridine rings is 4. The third-order valence-electron chi connectivity index (χ3n) is 14.5. The number of ether oxygens (including phenoxy) is 2. The Balaban J connectivity index is 0.000000179. The van der Waals surface area contributed by atoms with Crippen LogP contribution in [-0.4, -0.2) is 111 Å². The summed E-state index contributed by atoms with van der Waals surface area (Å²) in [5.74, 6) is 1.68. The summed E-state index contributed by atoms with van der Waals surface area (Å²) in [6, 6.07) is 28.5. The van der Waals surface area contributed by atoms with Crippen molar-refractivity contribution in [2.75, 3.05) is 28.3 Å². The average Bonchev–Trinajstić information content (AvgIpc) is 1.03. The van der Waals surface area contributed by atoms with Crippen molar-refractivity contribution in [1.82, 2.24) is 54.6 Å². The van der Waals surface area contributed by atoms with Crippen LogP contribution in [0.3, 0.4) is 0 Å². The molecule has 0 aliphatic carbocycles. The number of aromatic amines is 2. The number of fused-ring (bicyclic) bond motifs is 4. The molecule has 2 saturated heterocycles. The molecule has 6 N–H and O–H groups in total. The molecule has 2 aliphatic rings. The van der Waals surface area contributed by atoms with Crippen molar-refractivity contribution in [1.29, 1.82) is 0 Å². The fourth-order valence-electron chi connectivity index (χ4n) is 9.26. The van der Waals surface area contributed by atoms with Crippen molar-refractivity contribution in [2.24, 2.45) is 10.1 Å². The number of benzene rings is 4. The minimum Gasteiger partial charge on any atom is -0.447 e. The van der Waals surface area contributed by atoms with Gasteiger partial charge in [0.05, 0.1) is 43.6 Å². The van der Waals surface area contributed by atoms with Gasteiger partial charge >= 0.3 is 12.2 Å². The van der Waals surface area contributed by atoms with E-state index in [2.05, 4.69) is 64.3 Å². The number of cyclic esters (lactones) is 2. The summed E-state index contributed by atoms with van der Waals surface area (Å²) in [7, 11) is -2.47. The van der Waals surface area contributed by atoms with Gasteiger partial charge in [-0.05, 0) is 177 Å². The van der Waals surface area contributed by atoms with Crippen molar-refractivity contribution in [2.45, 2.75) is 123 Å². The van der Waals surface area contributed by atoms with Crippen LogP contribution in [0.15, 0.2) is 111 Å². The van der Waals surface area contributed by atoms with Crippen LogP contribution in [0, 0.1) is 13.8 Å². The maximum absolute atomic E-state index is 12.4. The Morgan fingerprint density at radius 2 is 1.03 bits per heavy atom. The molecular weight excluding hydrogens is 1490 g/mol. The number of hydrogen-bond donors (Lipinski definition) is 5. The number of halogens is 8. The molecule has 6 aromatic heterocycles. The van der Waals surface area contributed by atoms with Crippen LogP contribution in [0.2, 0.25) is 35.7 Å². The van der Waals surface area contributed by atoms with E-state index in [1.807, 2.05) is 79.7 Å². The number of nitrogens with zero attached hydrogens (tertiary/aromatic N) is 11. The molecule has 0 radical (unpaired) electrons. The number of nitrogens with one attached hydrogen (secondary N) is 4. The van der Waals surface area contributed by atoms with E-state index in [-0.39, 0.29) is 76.6 Å². The third kappa shape index (κ3) is 21.6. The Kier molecular flexibility index (Phi) is 28.4. The van der Waals surface area contributed by atoms with E-state index < -0.39 is 38.9 Å². The third-order valence-corrected chi connectivity index (χ3v) is 19.1. The van der Waals surface area contributed by atoms with Crippen molar-refractivity contribution in [3.63, 3.8) is 0 Å². The van der Waals surface area contributed by atoms with Crippen molar-refractivity contribution < 1.29 is 27.5 Å². The van der Waals surface area contributed by atoms with Gasteiger partial charge in [0.2, 0.25) is 23.1 Å². The molecule has 12 rings (SSSR count). The number of H-pyrrole nitrogens is 2. The monoisotopic (exact) mass is 1560 g/mol. The topological polar surface area (TPSA) is 324 Å². The smallest absolute Gasteiger partial charge is 0.417 e. The van der Waals surface area contributed by atoms with Crippen LogP contribution in [-0.2, 0) is 51.1 Å². The fraction of sp³-hybridized carbons (Fsp3) is 0.318. The number of carbonyl (C=O) groups excluding carboxylic acids is 2.